The van der Waals surface area contributed by atoms with Gasteiger partial charge in [0.15, 0.2) is 5.65 Å². The van der Waals surface area contributed by atoms with E-state index in [2.05, 4.69) is 15.4 Å². The smallest absolute Gasteiger partial charge is 0.321 e. The van der Waals surface area contributed by atoms with Crippen molar-refractivity contribution >= 4 is 29.1 Å². The minimum atomic E-state index is -0.0661. The molecule has 0 bridgehead atoms. The first-order valence-electron chi connectivity index (χ1n) is 5.76. The number of carbonyl (C=O) groups is 1. The van der Waals surface area contributed by atoms with Crippen molar-refractivity contribution in [1.82, 2.24) is 19.5 Å². The van der Waals surface area contributed by atoms with Crippen LogP contribution in [0.15, 0.2) is 24.7 Å². The number of nitrogens with one attached hydrogen (secondary N) is 1. The molecule has 3 heterocycles. The summed E-state index contributed by atoms with van der Waals surface area (Å²) in [6, 6.07) is 1.75. The monoisotopic (exact) mass is 263 g/mol. The Labute approximate surface area is 108 Å². The van der Waals surface area contributed by atoms with Gasteiger partial charge < -0.3 is 10.2 Å². The van der Waals surface area contributed by atoms with E-state index in [1.54, 1.807) is 23.1 Å². The van der Waals surface area contributed by atoms with Gasteiger partial charge in [-0.05, 0) is 0 Å². The number of anilines is 1. The van der Waals surface area contributed by atoms with Crippen molar-refractivity contribution < 1.29 is 4.79 Å². The molecule has 0 unspecified atom stereocenters. The number of thioether (sulfide) groups is 1. The van der Waals surface area contributed by atoms with Gasteiger partial charge in [0.2, 0.25) is 0 Å². The molecule has 2 amide bonds. The van der Waals surface area contributed by atoms with E-state index >= 15 is 0 Å². The molecule has 0 atom stereocenters. The lowest BCUT2D eigenvalue weighted by atomic mass is 10.5. The first kappa shape index (κ1) is 11.3. The fourth-order valence-electron chi connectivity index (χ4n) is 1.84. The summed E-state index contributed by atoms with van der Waals surface area (Å²) in [6.45, 7) is 1.60. The molecule has 1 saturated heterocycles. The molecule has 1 aliphatic rings. The minimum absolute atomic E-state index is 0.0661. The maximum atomic E-state index is 12.0. The summed E-state index contributed by atoms with van der Waals surface area (Å²) in [5.74, 6) is 2.01. The molecular weight excluding hydrogens is 250 g/mol. The zero-order valence-corrected chi connectivity index (χ0v) is 10.6. The van der Waals surface area contributed by atoms with Gasteiger partial charge in [-0.1, -0.05) is 0 Å². The van der Waals surface area contributed by atoms with E-state index in [0.29, 0.717) is 5.69 Å². The van der Waals surface area contributed by atoms with Crippen LogP contribution in [-0.2, 0) is 0 Å². The van der Waals surface area contributed by atoms with Crippen LogP contribution in [0.2, 0.25) is 0 Å². The Kier molecular flexibility index (Phi) is 3.06. The van der Waals surface area contributed by atoms with Crippen LogP contribution in [0.1, 0.15) is 0 Å². The van der Waals surface area contributed by atoms with Crippen molar-refractivity contribution in [2.75, 3.05) is 29.9 Å². The highest BCUT2D eigenvalue weighted by Gasteiger charge is 2.16. The number of fused-ring (bicyclic) bond motifs is 1. The van der Waals surface area contributed by atoms with Crippen LogP contribution >= 0.6 is 11.8 Å². The second-order valence-electron chi connectivity index (χ2n) is 4.01. The number of amides is 2. The van der Waals surface area contributed by atoms with Crippen molar-refractivity contribution in [2.24, 2.45) is 0 Å². The Bertz CT molecular complexity index is 563. The molecule has 1 aliphatic heterocycles. The third-order valence-electron chi connectivity index (χ3n) is 2.80. The van der Waals surface area contributed by atoms with Gasteiger partial charge in [0.05, 0.1) is 24.3 Å². The van der Waals surface area contributed by atoms with E-state index in [1.807, 2.05) is 22.7 Å². The van der Waals surface area contributed by atoms with Crippen LogP contribution < -0.4 is 5.32 Å². The Balaban J connectivity index is 1.72. The van der Waals surface area contributed by atoms with Crippen LogP contribution in [0.5, 0.6) is 0 Å². The standard InChI is InChI=1S/C11H13N5OS/c17-11(15-3-5-18-6-4-15)14-9-7-12-10-1-2-13-16(10)8-9/h1-2,7-8H,3-6H2,(H,14,17). The molecule has 3 rings (SSSR count). The molecule has 1 N–H and O–H groups in total. The minimum Gasteiger partial charge on any atom is -0.323 e. The molecular formula is C11H13N5OS. The van der Waals surface area contributed by atoms with Gasteiger partial charge in [-0.15, -0.1) is 0 Å². The molecule has 0 aromatic carbocycles. The Morgan fingerprint density at radius 2 is 2.22 bits per heavy atom. The van der Waals surface area contributed by atoms with Crippen molar-refractivity contribution in [2.45, 2.75) is 0 Å². The summed E-state index contributed by atoms with van der Waals surface area (Å²) in [4.78, 5) is 18.0. The summed E-state index contributed by atoms with van der Waals surface area (Å²) >= 11 is 1.88. The lowest BCUT2D eigenvalue weighted by molar-refractivity contribution is 0.217. The van der Waals surface area contributed by atoms with Crippen LogP contribution in [-0.4, -0.2) is 50.1 Å². The van der Waals surface area contributed by atoms with Gasteiger partial charge in [0.25, 0.3) is 0 Å². The Morgan fingerprint density at radius 1 is 1.39 bits per heavy atom. The van der Waals surface area contributed by atoms with Crippen molar-refractivity contribution in [3.63, 3.8) is 0 Å². The van der Waals surface area contributed by atoms with Gasteiger partial charge in [-0.3, -0.25) is 0 Å². The van der Waals surface area contributed by atoms with E-state index in [4.69, 9.17) is 0 Å². The van der Waals surface area contributed by atoms with E-state index in [-0.39, 0.29) is 6.03 Å². The van der Waals surface area contributed by atoms with Gasteiger partial charge in [-0.2, -0.15) is 16.9 Å². The second kappa shape index (κ2) is 4.85. The molecule has 7 heteroatoms. The quantitative estimate of drug-likeness (QED) is 0.842. The third kappa shape index (κ3) is 2.26. The summed E-state index contributed by atoms with van der Waals surface area (Å²) in [5.41, 5.74) is 1.43. The van der Waals surface area contributed by atoms with E-state index in [1.165, 1.54) is 0 Å². The lowest BCUT2D eigenvalue weighted by Crippen LogP contribution is -2.40. The Morgan fingerprint density at radius 3 is 3.06 bits per heavy atom. The number of urea groups is 1. The van der Waals surface area contributed by atoms with Crippen LogP contribution in [0.3, 0.4) is 0 Å². The normalized spacial score (nSPS) is 15.9. The SMILES string of the molecule is O=C(Nc1cnc2ccnn2c1)N1CCSCC1. The predicted molar refractivity (Wildman–Crippen MR) is 70.9 cm³/mol. The van der Waals surface area contributed by atoms with Gasteiger partial charge in [0, 0.05) is 30.7 Å². The third-order valence-corrected chi connectivity index (χ3v) is 3.74. The summed E-state index contributed by atoms with van der Waals surface area (Å²) in [7, 11) is 0. The van der Waals surface area contributed by atoms with Crippen LogP contribution in [0.4, 0.5) is 10.5 Å². The number of rotatable bonds is 1. The second-order valence-corrected chi connectivity index (χ2v) is 5.23. The van der Waals surface area contributed by atoms with E-state index in [0.717, 1.165) is 30.2 Å². The average Bonchev–Trinajstić information content (AvgIpc) is 2.87. The molecule has 6 nitrogen and oxygen atoms in total. The maximum absolute atomic E-state index is 12.0. The molecule has 0 saturated carbocycles. The summed E-state index contributed by atoms with van der Waals surface area (Å²) < 4.78 is 1.64. The molecule has 0 aliphatic carbocycles. The average molecular weight is 263 g/mol. The summed E-state index contributed by atoms with van der Waals surface area (Å²) in [6.07, 6.45) is 5.09. The fourth-order valence-corrected chi connectivity index (χ4v) is 2.75. The highest BCUT2D eigenvalue weighted by molar-refractivity contribution is 7.99. The molecule has 18 heavy (non-hydrogen) atoms. The predicted octanol–water partition coefficient (Wildman–Crippen LogP) is 1.31. The van der Waals surface area contributed by atoms with Crippen LogP contribution in [0.25, 0.3) is 5.65 Å². The molecule has 2 aromatic rings. The van der Waals surface area contributed by atoms with Crippen molar-refractivity contribution in [3.05, 3.63) is 24.7 Å². The summed E-state index contributed by atoms with van der Waals surface area (Å²) in [5, 5.41) is 6.93. The van der Waals surface area contributed by atoms with Gasteiger partial charge >= 0.3 is 6.03 Å². The molecule has 2 aromatic heterocycles. The van der Waals surface area contributed by atoms with E-state index in [9.17, 15) is 4.79 Å². The first-order chi connectivity index (χ1) is 8.83. The first-order valence-corrected chi connectivity index (χ1v) is 6.91. The fraction of sp³-hybridized carbons (Fsp3) is 0.364. The maximum Gasteiger partial charge on any atom is 0.321 e. The van der Waals surface area contributed by atoms with Crippen LogP contribution in [0, 0.1) is 0 Å². The number of hydrogen-bond acceptors (Lipinski definition) is 4. The lowest BCUT2D eigenvalue weighted by Gasteiger charge is -2.26. The zero-order valence-electron chi connectivity index (χ0n) is 9.74. The highest BCUT2D eigenvalue weighted by Crippen LogP contribution is 2.12. The molecule has 94 valence electrons. The number of hydrogen-bond donors (Lipinski definition) is 1. The topological polar surface area (TPSA) is 62.5 Å². The van der Waals surface area contributed by atoms with Gasteiger partial charge in [0.1, 0.15) is 0 Å². The zero-order chi connectivity index (χ0) is 12.4. The number of carbonyl (C=O) groups excluding carboxylic acids is 1. The van der Waals surface area contributed by atoms with E-state index < -0.39 is 0 Å². The molecule has 0 radical (unpaired) electrons. The number of aromatic nitrogens is 3. The Hall–Kier alpha value is -1.76. The highest BCUT2D eigenvalue weighted by atomic mass is 32.2. The molecule has 0 spiro atoms. The van der Waals surface area contributed by atoms with Gasteiger partial charge in [-0.25, -0.2) is 14.3 Å². The number of nitrogens with zero attached hydrogens (tertiary/aromatic N) is 4. The largest absolute Gasteiger partial charge is 0.323 e. The molecule has 1 fully saturated rings. The van der Waals surface area contributed by atoms with Crippen molar-refractivity contribution in [3.8, 4) is 0 Å². The van der Waals surface area contributed by atoms with Crippen molar-refractivity contribution in [1.29, 1.82) is 0 Å².